The molecular weight excluding hydrogens is 332 g/mol. The highest BCUT2D eigenvalue weighted by molar-refractivity contribution is 5.69. The van der Waals surface area contributed by atoms with Gasteiger partial charge < -0.3 is 4.74 Å². The number of carbonyl (C=O) groups is 1. The summed E-state index contributed by atoms with van der Waals surface area (Å²) in [7, 11) is 0. The van der Waals surface area contributed by atoms with Crippen LogP contribution in [0, 0.1) is 29.6 Å². The molecule has 0 radical (unpaired) electrons. The van der Waals surface area contributed by atoms with Crippen LogP contribution in [0.1, 0.15) is 117 Å². The zero-order chi connectivity index (χ0) is 19.1. The van der Waals surface area contributed by atoms with Gasteiger partial charge in [-0.25, -0.2) is 0 Å². The summed E-state index contributed by atoms with van der Waals surface area (Å²) in [6.07, 6.45) is 20.7. The number of ether oxygens (including phenoxy) is 1. The van der Waals surface area contributed by atoms with Crippen LogP contribution in [-0.2, 0) is 9.53 Å². The first kappa shape index (κ1) is 21.2. The van der Waals surface area contributed by atoms with Crippen molar-refractivity contribution in [2.45, 2.75) is 123 Å². The van der Waals surface area contributed by atoms with Crippen molar-refractivity contribution in [3.8, 4) is 0 Å². The minimum absolute atomic E-state index is 0.0691. The maximum atomic E-state index is 12.2. The monoisotopic (exact) mass is 376 g/mol. The minimum atomic E-state index is 0.0691. The van der Waals surface area contributed by atoms with Gasteiger partial charge in [0.05, 0.1) is 0 Å². The highest BCUT2D eigenvalue weighted by Crippen LogP contribution is 2.53. The molecule has 156 valence electrons. The average molecular weight is 377 g/mol. The molecule has 0 aromatic heterocycles. The van der Waals surface area contributed by atoms with Crippen LogP contribution in [0.4, 0.5) is 0 Å². The van der Waals surface area contributed by atoms with Crippen molar-refractivity contribution in [2.24, 2.45) is 29.6 Å². The SMILES string of the molecule is CCCCCCC(=O)OC1CCC2C(CCC3CC(CCCC)CCC32)C1. The predicted octanol–water partition coefficient (Wildman–Crippen LogP) is 7.30. The lowest BCUT2D eigenvalue weighted by Crippen LogP contribution is -2.43. The average Bonchev–Trinajstić information content (AvgIpc) is 2.69. The molecule has 3 saturated carbocycles. The second-order valence-electron chi connectivity index (χ2n) is 9.98. The molecular formula is C25H44O2. The summed E-state index contributed by atoms with van der Waals surface area (Å²) in [4.78, 5) is 12.2. The third kappa shape index (κ3) is 5.97. The fourth-order valence-electron chi connectivity index (χ4n) is 6.65. The highest BCUT2D eigenvalue weighted by atomic mass is 16.5. The van der Waals surface area contributed by atoms with Gasteiger partial charge in [-0.3, -0.25) is 4.79 Å². The third-order valence-electron chi connectivity index (χ3n) is 8.10. The van der Waals surface area contributed by atoms with Gasteiger partial charge >= 0.3 is 5.97 Å². The molecule has 0 heterocycles. The van der Waals surface area contributed by atoms with Crippen molar-refractivity contribution in [3.05, 3.63) is 0 Å². The van der Waals surface area contributed by atoms with Crippen LogP contribution in [0.5, 0.6) is 0 Å². The molecule has 3 aliphatic carbocycles. The van der Waals surface area contributed by atoms with Crippen LogP contribution in [0.15, 0.2) is 0 Å². The van der Waals surface area contributed by atoms with Crippen LogP contribution >= 0.6 is 0 Å². The molecule has 0 spiro atoms. The maximum absolute atomic E-state index is 12.2. The van der Waals surface area contributed by atoms with Gasteiger partial charge in [-0.1, -0.05) is 58.8 Å². The van der Waals surface area contributed by atoms with E-state index in [4.69, 9.17) is 4.74 Å². The van der Waals surface area contributed by atoms with Gasteiger partial charge in [0, 0.05) is 6.42 Å². The lowest BCUT2D eigenvalue weighted by molar-refractivity contribution is -0.153. The van der Waals surface area contributed by atoms with E-state index < -0.39 is 0 Å². The summed E-state index contributed by atoms with van der Waals surface area (Å²) in [5, 5.41) is 0. The second kappa shape index (κ2) is 10.9. The lowest BCUT2D eigenvalue weighted by atomic mass is 9.56. The van der Waals surface area contributed by atoms with Gasteiger partial charge in [-0.05, 0) is 81.0 Å². The second-order valence-corrected chi connectivity index (χ2v) is 9.98. The summed E-state index contributed by atoms with van der Waals surface area (Å²) < 4.78 is 5.88. The molecule has 0 saturated heterocycles. The smallest absolute Gasteiger partial charge is 0.306 e. The van der Waals surface area contributed by atoms with Crippen molar-refractivity contribution in [1.82, 2.24) is 0 Å². The summed E-state index contributed by atoms with van der Waals surface area (Å²) in [5.74, 6) is 4.87. The molecule has 0 aliphatic heterocycles. The quantitative estimate of drug-likeness (QED) is 0.312. The van der Waals surface area contributed by atoms with E-state index in [9.17, 15) is 4.79 Å². The Balaban J connectivity index is 1.41. The van der Waals surface area contributed by atoms with Gasteiger partial charge in [0.15, 0.2) is 0 Å². The van der Waals surface area contributed by atoms with Crippen LogP contribution < -0.4 is 0 Å². The molecule has 3 rings (SSSR count). The number of carbonyl (C=O) groups excluding carboxylic acids is 1. The number of unbranched alkanes of at least 4 members (excludes halogenated alkanes) is 4. The highest BCUT2D eigenvalue weighted by Gasteiger charge is 2.44. The first-order valence-corrected chi connectivity index (χ1v) is 12.4. The molecule has 0 N–H and O–H groups in total. The first-order chi connectivity index (χ1) is 13.2. The Morgan fingerprint density at radius 3 is 2.22 bits per heavy atom. The summed E-state index contributed by atoms with van der Waals surface area (Å²) in [6.45, 7) is 4.54. The van der Waals surface area contributed by atoms with E-state index in [1.807, 2.05) is 0 Å². The zero-order valence-electron chi connectivity index (χ0n) is 18.1. The van der Waals surface area contributed by atoms with E-state index in [0.29, 0.717) is 6.42 Å². The lowest BCUT2D eigenvalue weighted by Gasteiger charge is -2.50. The normalized spacial score (nSPS) is 35.9. The number of hydrogen-bond donors (Lipinski definition) is 0. The molecule has 27 heavy (non-hydrogen) atoms. The van der Waals surface area contributed by atoms with Crippen LogP contribution in [0.25, 0.3) is 0 Å². The number of hydrogen-bond acceptors (Lipinski definition) is 2. The van der Waals surface area contributed by atoms with Crippen molar-refractivity contribution in [1.29, 1.82) is 0 Å². The minimum Gasteiger partial charge on any atom is -0.462 e. The molecule has 6 atom stereocenters. The molecule has 2 heteroatoms. The van der Waals surface area contributed by atoms with E-state index in [2.05, 4.69) is 13.8 Å². The van der Waals surface area contributed by atoms with Crippen LogP contribution in [0.3, 0.4) is 0 Å². The molecule has 0 bridgehead atoms. The van der Waals surface area contributed by atoms with Crippen LogP contribution in [-0.4, -0.2) is 12.1 Å². The van der Waals surface area contributed by atoms with Gasteiger partial charge in [0.25, 0.3) is 0 Å². The molecule has 0 aromatic rings. The predicted molar refractivity (Wildman–Crippen MR) is 113 cm³/mol. The Morgan fingerprint density at radius 2 is 1.48 bits per heavy atom. The molecule has 0 aromatic carbocycles. The molecule has 3 aliphatic rings. The fraction of sp³-hybridized carbons (Fsp3) is 0.960. The van der Waals surface area contributed by atoms with E-state index in [-0.39, 0.29) is 12.1 Å². The summed E-state index contributed by atoms with van der Waals surface area (Å²) in [5.41, 5.74) is 0. The van der Waals surface area contributed by atoms with E-state index in [1.54, 1.807) is 0 Å². The van der Waals surface area contributed by atoms with Crippen molar-refractivity contribution < 1.29 is 9.53 Å². The molecule has 2 nitrogen and oxygen atoms in total. The van der Waals surface area contributed by atoms with Crippen molar-refractivity contribution in [2.75, 3.05) is 0 Å². The molecule has 3 fully saturated rings. The Morgan fingerprint density at radius 1 is 0.778 bits per heavy atom. The van der Waals surface area contributed by atoms with Crippen molar-refractivity contribution in [3.63, 3.8) is 0 Å². The van der Waals surface area contributed by atoms with E-state index >= 15 is 0 Å². The third-order valence-corrected chi connectivity index (χ3v) is 8.10. The maximum Gasteiger partial charge on any atom is 0.306 e. The van der Waals surface area contributed by atoms with Gasteiger partial charge in [0.2, 0.25) is 0 Å². The van der Waals surface area contributed by atoms with Gasteiger partial charge in [-0.2, -0.15) is 0 Å². The zero-order valence-corrected chi connectivity index (χ0v) is 18.1. The standard InChI is InChI=1S/C25H44O2/c1-3-5-7-8-10-25(26)27-22-14-16-24-21(18-22)13-12-20-17-19(9-6-4-2)11-15-23(20)24/h19-24H,3-18H2,1-2H3. The number of rotatable bonds is 9. The Bertz CT molecular complexity index is 446. The topological polar surface area (TPSA) is 26.3 Å². The largest absolute Gasteiger partial charge is 0.462 e. The Kier molecular flexibility index (Phi) is 8.52. The summed E-state index contributed by atoms with van der Waals surface area (Å²) >= 11 is 0. The first-order valence-electron chi connectivity index (χ1n) is 12.4. The number of fused-ring (bicyclic) bond motifs is 3. The Labute approximate surface area is 168 Å². The van der Waals surface area contributed by atoms with Crippen molar-refractivity contribution >= 4 is 5.97 Å². The Hall–Kier alpha value is -0.530. The van der Waals surface area contributed by atoms with Gasteiger partial charge in [-0.15, -0.1) is 0 Å². The summed E-state index contributed by atoms with van der Waals surface area (Å²) in [6, 6.07) is 0. The molecule has 6 unspecified atom stereocenters. The number of esters is 1. The van der Waals surface area contributed by atoms with E-state index in [1.165, 1.54) is 77.0 Å². The molecule has 0 amide bonds. The van der Waals surface area contributed by atoms with E-state index in [0.717, 1.165) is 48.9 Å². The fourth-order valence-corrected chi connectivity index (χ4v) is 6.65. The van der Waals surface area contributed by atoms with Gasteiger partial charge in [0.1, 0.15) is 6.10 Å². The van der Waals surface area contributed by atoms with Crippen LogP contribution in [0.2, 0.25) is 0 Å².